The summed E-state index contributed by atoms with van der Waals surface area (Å²) < 4.78 is 0.665. The van der Waals surface area contributed by atoms with E-state index in [0.29, 0.717) is 4.73 Å². The Hall–Kier alpha value is -1.16. The number of aromatic nitrogens is 3. The summed E-state index contributed by atoms with van der Waals surface area (Å²) in [7, 11) is 0. The van der Waals surface area contributed by atoms with Crippen molar-refractivity contribution in [3.8, 4) is 11.4 Å². The van der Waals surface area contributed by atoms with Crippen molar-refractivity contribution in [2.24, 2.45) is 0 Å². The molecule has 0 fully saturated rings. The van der Waals surface area contributed by atoms with Gasteiger partial charge in [-0.25, -0.2) is 4.98 Å². The third kappa shape index (κ3) is 1.70. The first-order valence-corrected chi connectivity index (χ1v) is 5.26. The summed E-state index contributed by atoms with van der Waals surface area (Å²) in [6.45, 7) is 2.13. The van der Waals surface area contributed by atoms with Crippen molar-refractivity contribution < 1.29 is 0 Å². The van der Waals surface area contributed by atoms with Crippen LogP contribution in [-0.4, -0.2) is 15.2 Å². The van der Waals surface area contributed by atoms with Gasteiger partial charge in [-0.15, -0.1) is 0 Å². The highest BCUT2D eigenvalue weighted by Crippen LogP contribution is 2.21. The summed E-state index contributed by atoms with van der Waals surface area (Å²) in [5.41, 5.74) is 2.36. The molecule has 0 aliphatic carbocycles. The Kier molecular flexibility index (Phi) is 2.63. The highest BCUT2D eigenvalue weighted by Gasteiger charge is 2.07. The quantitative estimate of drug-likeness (QED) is 0.892. The van der Waals surface area contributed by atoms with Gasteiger partial charge >= 0.3 is 0 Å². The summed E-state index contributed by atoms with van der Waals surface area (Å²) in [4.78, 5) is 4.24. The van der Waals surface area contributed by atoms with Gasteiger partial charge in [-0.1, -0.05) is 31.2 Å². The van der Waals surface area contributed by atoms with Gasteiger partial charge < -0.3 is 0 Å². The van der Waals surface area contributed by atoms with Crippen molar-refractivity contribution in [3.63, 3.8) is 0 Å². The van der Waals surface area contributed by atoms with Crippen LogP contribution in [0.5, 0.6) is 0 Å². The fourth-order valence-electron chi connectivity index (χ4n) is 1.41. The van der Waals surface area contributed by atoms with Gasteiger partial charge in [0.15, 0.2) is 10.6 Å². The molecule has 0 bridgehead atoms. The molecule has 0 radical (unpaired) electrons. The Morgan fingerprint density at radius 2 is 2.14 bits per heavy atom. The second kappa shape index (κ2) is 3.92. The maximum absolute atomic E-state index is 4.24. The van der Waals surface area contributed by atoms with E-state index >= 15 is 0 Å². The fourth-order valence-corrected chi connectivity index (χ4v) is 1.67. The molecule has 0 aliphatic heterocycles. The summed E-state index contributed by atoms with van der Waals surface area (Å²) in [6, 6.07) is 8.16. The van der Waals surface area contributed by atoms with Gasteiger partial charge in [0.25, 0.3) is 0 Å². The first kappa shape index (κ1) is 9.40. The Labute approximate surface area is 90.7 Å². The number of H-pyrrole nitrogens is 1. The maximum Gasteiger partial charge on any atom is 0.193 e. The molecular formula is C10H10BrN3. The van der Waals surface area contributed by atoms with E-state index in [0.717, 1.165) is 17.8 Å². The zero-order valence-corrected chi connectivity index (χ0v) is 9.37. The number of nitrogens with zero attached hydrogens (tertiary/aromatic N) is 2. The second-order valence-electron chi connectivity index (χ2n) is 2.96. The van der Waals surface area contributed by atoms with E-state index in [9.17, 15) is 0 Å². The van der Waals surface area contributed by atoms with Crippen LogP contribution < -0.4 is 0 Å². The number of halogens is 1. The predicted molar refractivity (Wildman–Crippen MR) is 58.9 cm³/mol. The van der Waals surface area contributed by atoms with E-state index < -0.39 is 0 Å². The fraction of sp³-hybridized carbons (Fsp3) is 0.200. The maximum atomic E-state index is 4.24. The summed E-state index contributed by atoms with van der Waals surface area (Å²) in [6.07, 6.45) is 0.988. The standard InChI is InChI=1S/C10H10BrN3/c1-2-7-5-3-4-6-8(7)9-12-10(11)14-13-9/h3-6H,2H2,1H3,(H,12,13,14). The third-order valence-electron chi connectivity index (χ3n) is 2.10. The van der Waals surface area contributed by atoms with Crippen LogP contribution in [-0.2, 0) is 6.42 Å². The molecule has 72 valence electrons. The van der Waals surface area contributed by atoms with E-state index in [4.69, 9.17) is 0 Å². The monoisotopic (exact) mass is 251 g/mol. The summed E-state index contributed by atoms with van der Waals surface area (Å²) >= 11 is 3.25. The number of rotatable bonds is 2. The zero-order valence-electron chi connectivity index (χ0n) is 7.79. The molecule has 1 aromatic heterocycles. The van der Waals surface area contributed by atoms with E-state index in [1.807, 2.05) is 18.2 Å². The molecular weight excluding hydrogens is 242 g/mol. The molecule has 14 heavy (non-hydrogen) atoms. The van der Waals surface area contributed by atoms with Crippen LogP contribution in [0.25, 0.3) is 11.4 Å². The van der Waals surface area contributed by atoms with Gasteiger partial charge in [0.1, 0.15) is 0 Å². The first-order chi connectivity index (χ1) is 6.81. The lowest BCUT2D eigenvalue weighted by atomic mass is 10.1. The van der Waals surface area contributed by atoms with E-state index in [1.165, 1.54) is 5.56 Å². The molecule has 1 aromatic carbocycles. The van der Waals surface area contributed by atoms with E-state index in [1.54, 1.807) is 0 Å². The number of hydrogen-bond donors (Lipinski definition) is 1. The van der Waals surface area contributed by atoms with Gasteiger partial charge in [0, 0.05) is 5.56 Å². The minimum Gasteiger partial charge on any atom is -0.253 e. The van der Waals surface area contributed by atoms with Crippen LogP contribution >= 0.6 is 15.9 Å². The average Bonchev–Trinajstić information content (AvgIpc) is 2.65. The molecule has 0 amide bonds. The lowest BCUT2D eigenvalue weighted by molar-refractivity contribution is 1.06. The molecule has 0 saturated heterocycles. The molecule has 2 aromatic rings. The smallest absolute Gasteiger partial charge is 0.193 e. The van der Waals surface area contributed by atoms with Gasteiger partial charge in [0.2, 0.25) is 0 Å². The first-order valence-electron chi connectivity index (χ1n) is 4.47. The molecule has 0 aliphatic rings. The highest BCUT2D eigenvalue weighted by atomic mass is 79.9. The molecule has 0 spiro atoms. The van der Waals surface area contributed by atoms with Gasteiger partial charge in [-0.05, 0) is 27.9 Å². The number of benzene rings is 1. The van der Waals surface area contributed by atoms with Crippen LogP contribution in [0.1, 0.15) is 12.5 Å². The SMILES string of the molecule is CCc1ccccc1-c1n[nH]c(Br)n1. The molecule has 0 unspecified atom stereocenters. The van der Waals surface area contributed by atoms with Gasteiger partial charge in [-0.2, -0.15) is 5.10 Å². The second-order valence-corrected chi connectivity index (χ2v) is 3.71. The Morgan fingerprint density at radius 3 is 2.79 bits per heavy atom. The van der Waals surface area contributed by atoms with Crippen molar-refractivity contribution in [1.82, 2.24) is 15.2 Å². The zero-order chi connectivity index (χ0) is 9.97. The summed E-state index contributed by atoms with van der Waals surface area (Å²) in [5.74, 6) is 0.745. The minimum absolute atomic E-state index is 0.665. The molecule has 4 heteroatoms. The number of aryl methyl sites for hydroxylation is 1. The molecule has 0 saturated carbocycles. The molecule has 2 rings (SSSR count). The predicted octanol–water partition coefficient (Wildman–Crippen LogP) is 2.80. The molecule has 3 nitrogen and oxygen atoms in total. The number of aromatic amines is 1. The van der Waals surface area contributed by atoms with Gasteiger partial charge in [-0.3, -0.25) is 5.10 Å². The highest BCUT2D eigenvalue weighted by molar-refractivity contribution is 9.10. The lowest BCUT2D eigenvalue weighted by Gasteiger charge is -2.01. The van der Waals surface area contributed by atoms with Crippen molar-refractivity contribution >= 4 is 15.9 Å². The Morgan fingerprint density at radius 1 is 1.36 bits per heavy atom. The van der Waals surface area contributed by atoms with Crippen molar-refractivity contribution in [2.75, 3.05) is 0 Å². The van der Waals surface area contributed by atoms with Crippen molar-refractivity contribution in [3.05, 3.63) is 34.6 Å². The number of nitrogens with one attached hydrogen (secondary N) is 1. The summed E-state index contributed by atoms with van der Waals surface area (Å²) in [5, 5.41) is 6.89. The van der Waals surface area contributed by atoms with Crippen LogP contribution in [0, 0.1) is 0 Å². The Balaban J connectivity index is 2.50. The topological polar surface area (TPSA) is 41.6 Å². The number of hydrogen-bond acceptors (Lipinski definition) is 2. The molecule has 0 atom stereocenters. The third-order valence-corrected chi connectivity index (χ3v) is 2.45. The van der Waals surface area contributed by atoms with E-state index in [-0.39, 0.29) is 0 Å². The Bertz CT molecular complexity index is 436. The average molecular weight is 252 g/mol. The van der Waals surface area contributed by atoms with Crippen molar-refractivity contribution in [2.45, 2.75) is 13.3 Å². The van der Waals surface area contributed by atoms with Gasteiger partial charge in [0.05, 0.1) is 0 Å². The van der Waals surface area contributed by atoms with E-state index in [2.05, 4.69) is 44.1 Å². The van der Waals surface area contributed by atoms with Crippen LogP contribution in [0.4, 0.5) is 0 Å². The minimum atomic E-state index is 0.665. The largest absolute Gasteiger partial charge is 0.253 e. The molecule has 1 N–H and O–H groups in total. The normalized spacial score (nSPS) is 10.4. The van der Waals surface area contributed by atoms with Crippen LogP contribution in [0.3, 0.4) is 0 Å². The molecule has 1 heterocycles. The van der Waals surface area contributed by atoms with Crippen molar-refractivity contribution in [1.29, 1.82) is 0 Å². The van der Waals surface area contributed by atoms with Crippen LogP contribution in [0.15, 0.2) is 29.0 Å². The van der Waals surface area contributed by atoms with Crippen LogP contribution in [0.2, 0.25) is 0 Å². The lowest BCUT2D eigenvalue weighted by Crippen LogP contribution is -1.88.